The third-order valence-electron chi connectivity index (χ3n) is 3.71. The summed E-state index contributed by atoms with van der Waals surface area (Å²) >= 11 is 0. The zero-order chi connectivity index (χ0) is 14.7. The lowest BCUT2D eigenvalue weighted by Crippen LogP contribution is -1.92. The van der Waals surface area contributed by atoms with Gasteiger partial charge in [-0.2, -0.15) is 0 Å². The number of rotatable bonds is 4. The summed E-state index contributed by atoms with van der Waals surface area (Å²) in [6.07, 6.45) is 2.25. The Morgan fingerprint density at radius 3 is 2.57 bits per heavy atom. The van der Waals surface area contributed by atoms with E-state index in [1.165, 1.54) is 16.7 Å². The second-order valence-electron chi connectivity index (χ2n) is 5.19. The molecule has 0 saturated carbocycles. The highest BCUT2D eigenvalue weighted by atomic mass is 15.5. The Bertz CT molecular complexity index is 732. The average molecular weight is 278 g/mol. The number of hydrogen-bond acceptors (Lipinski definition) is 3. The second-order valence-corrected chi connectivity index (χ2v) is 5.19. The zero-order valence-electron chi connectivity index (χ0n) is 12.3. The highest BCUT2D eigenvalue weighted by Gasteiger charge is 2.10. The average Bonchev–Trinajstić information content (AvgIpc) is 3.04. The first-order valence-corrected chi connectivity index (χ1v) is 7.22. The summed E-state index contributed by atoms with van der Waals surface area (Å²) in [5, 5.41) is 14.2. The van der Waals surface area contributed by atoms with Gasteiger partial charge in [0, 0.05) is 5.56 Å². The second kappa shape index (κ2) is 5.87. The first-order chi connectivity index (χ1) is 10.3. The van der Waals surface area contributed by atoms with Gasteiger partial charge >= 0.3 is 0 Å². The van der Waals surface area contributed by atoms with Crippen LogP contribution in [0.15, 0.2) is 42.5 Å². The Hall–Kier alpha value is -2.49. The molecule has 3 aromatic rings. The molecule has 0 spiro atoms. The predicted molar refractivity (Wildman–Crippen MR) is 83.8 cm³/mol. The summed E-state index contributed by atoms with van der Waals surface area (Å²) < 4.78 is 0. The van der Waals surface area contributed by atoms with E-state index in [0.29, 0.717) is 5.82 Å². The monoisotopic (exact) mass is 278 g/mol. The topological polar surface area (TPSA) is 54.5 Å². The number of aromatic amines is 1. The third kappa shape index (κ3) is 2.70. The number of H-pyrrole nitrogens is 1. The van der Waals surface area contributed by atoms with E-state index in [9.17, 15) is 0 Å². The highest BCUT2D eigenvalue weighted by Crippen LogP contribution is 2.31. The van der Waals surface area contributed by atoms with E-state index in [1.54, 1.807) is 0 Å². The number of nitrogens with zero attached hydrogens (tertiary/aromatic N) is 3. The van der Waals surface area contributed by atoms with Crippen LogP contribution in [-0.4, -0.2) is 20.6 Å². The molecule has 0 aliphatic rings. The Balaban J connectivity index is 2.11. The van der Waals surface area contributed by atoms with Crippen molar-refractivity contribution in [2.45, 2.75) is 26.7 Å². The summed E-state index contributed by atoms with van der Waals surface area (Å²) in [6, 6.07) is 14.8. The molecule has 1 N–H and O–H groups in total. The first kappa shape index (κ1) is 13.5. The van der Waals surface area contributed by atoms with Gasteiger partial charge < -0.3 is 0 Å². The summed E-state index contributed by atoms with van der Waals surface area (Å²) in [6.45, 7) is 4.38. The van der Waals surface area contributed by atoms with Crippen LogP contribution in [-0.2, 0) is 6.42 Å². The maximum absolute atomic E-state index is 4.03. The zero-order valence-corrected chi connectivity index (χ0v) is 12.3. The molecular formula is C17H18N4. The van der Waals surface area contributed by atoms with Crippen LogP contribution in [0.4, 0.5) is 0 Å². The van der Waals surface area contributed by atoms with Gasteiger partial charge in [0.15, 0.2) is 5.82 Å². The molecule has 4 nitrogen and oxygen atoms in total. The van der Waals surface area contributed by atoms with E-state index < -0.39 is 0 Å². The molecule has 1 heterocycles. The molecule has 0 aliphatic heterocycles. The van der Waals surface area contributed by atoms with Gasteiger partial charge in [-0.05, 0) is 46.0 Å². The Morgan fingerprint density at radius 1 is 1.05 bits per heavy atom. The predicted octanol–water partition coefficient (Wildman–Crippen LogP) is 3.79. The number of aryl methyl sites for hydroxylation is 2. The Labute approximate surface area is 124 Å². The van der Waals surface area contributed by atoms with Crippen molar-refractivity contribution in [3.8, 4) is 22.5 Å². The van der Waals surface area contributed by atoms with Crippen LogP contribution in [0, 0.1) is 6.92 Å². The molecular weight excluding hydrogens is 260 g/mol. The molecule has 0 unspecified atom stereocenters. The summed E-state index contributed by atoms with van der Waals surface area (Å²) in [7, 11) is 0. The third-order valence-corrected chi connectivity index (χ3v) is 3.71. The smallest absolute Gasteiger partial charge is 0.180 e. The van der Waals surface area contributed by atoms with E-state index in [-0.39, 0.29) is 0 Å². The van der Waals surface area contributed by atoms with Crippen molar-refractivity contribution in [1.82, 2.24) is 20.6 Å². The highest BCUT2D eigenvalue weighted by molar-refractivity contribution is 5.80. The lowest BCUT2D eigenvalue weighted by atomic mass is 9.94. The van der Waals surface area contributed by atoms with Crippen LogP contribution in [0.2, 0.25) is 0 Å². The van der Waals surface area contributed by atoms with E-state index >= 15 is 0 Å². The van der Waals surface area contributed by atoms with Gasteiger partial charge in [0.1, 0.15) is 0 Å². The summed E-state index contributed by atoms with van der Waals surface area (Å²) in [4.78, 5) is 0. The molecule has 106 valence electrons. The number of aromatic nitrogens is 4. The molecule has 0 radical (unpaired) electrons. The molecule has 0 saturated heterocycles. The summed E-state index contributed by atoms with van der Waals surface area (Å²) in [5.41, 5.74) is 6.12. The summed E-state index contributed by atoms with van der Waals surface area (Å²) in [5.74, 6) is 0.697. The van der Waals surface area contributed by atoms with Crippen molar-refractivity contribution >= 4 is 0 Å². The molecule has 21 heavy (non-hydrogen) atoms. The number of nitrogens with one attached hydrogen (secondary N) is 1. The molecule has 0 amide bonds. The molecule has 0 fully saturated rings. The van der Waals surface area contributed by atoms with Crippen molar-refractivity contribution in [3.05, 3.63) is 53.6 Å². The Kier molecular flexibility index (Phi) is 3.77. The van der Waals surface area contributed by atoms with Crippen molar-refractivity contribution < 1.29 is 0 Å². The number of tetrazole rings is 1. The number of benzene rings is 2. The molecule has 2 aromatic carbocycles. The van der Waals surface area contributed by atoms with Crippen molar-refractivity contribution in [2.24, 2.45) is 0 Å². The largest absolute Gasteiger partial charge is 0.239 e. The fourth-order valence-corrected chi connectivity index (χ4v) is 2.59. The van der Waals surface area contributed by atoms with Gasteiger partial charge in [-0.25, -0.2) is 5.10 Å². The van der Waals surface area contributed by atoms with Gasteiger partial charge in [0.05, 0.1) is 0 Å². The van der Waals surface area contributed by atoms with Gasteiger partial charge in [0.2, 0.25) is 0 Å². The fourth-order valence-electron chi connectivity index (χ4n) is 2.59. The minimum Gasteiger partial charge on any atom is -0.239 e. The van der Waals surface area contributed by atoms with Crippen LogP contribution in [0.3, 0.4) is 0 Å². The van der Waals surface area contributed by atoms with E-state index in [4.69, 9.17) is 0 Å². The van der Waals surface area contributed by atoms with Crippen molar-refractivity contribution in [3.63, 3.8) is 0 Å². The standard InChI is InChI=1S/C17H18N4/c1-3-6-13-11-14(10-9-12(13)2)15-7-4-5-8-16(15)17-18-20-21-19-17/h4-5,7-11H,3,6H2,1-2H3,(H,18,19,20,21). The molecule has 1 aromatic heterocycles. The minimum absolute atomic E-state index is 0.697. The SMILES string of the molecule is CCCc1cc(-c2ccccc2-c2nnn[nH]2)ccc1C. The minimum atomic E-state index is 0.697. The molecule has 0 bridgehead atoms. The fraction of sp³-hybridized carbons (Fsp3) is 0.235. The molecule has 0 atom stereocenters. The van der Waals surface area contributed by atoms with Crippen LogP contribution in [0.25, 0.3) is 22.5 Å². The Morgan fingerprint density at radius 2 is 1.86 bits per heavy atom. The van der Waals surface area contributed by atoms with Crippen molar-refractivity contribution in [1.29, 1.82) is 0 Å². The van der Waals surface area contributed by atoms with E-state index in [2.05, 4.69) is 58.7 Å². The quantitative estimate of drug-likeness (QED) is 0.790. The van der Waals surface area contributed by atoms with Gasteiger partial charge in [-0.3, -0.25) is 0 Å². The van der Waals surface area contributed by atoms with Gasteiger partial charge in [-0.1, -0.05) is 55.8 Å². The lowest BCUT2D eigenvalue weighted by Gasteiger charge is -2.11. The number of hydrogen-bond donors (Lipinski definition) is 1. The molecule has 0 aliphatic carbocycles. The van der Waals surface area contributed by atoms with Crippen LogP contribution in [0.5, 0.6) is 0 Å². The molecule has 4 heteroatoms. The maximum Gasteiger partial charge on any atom is 0.180 e. The lowest BCUT2D eigenvalue weighted by molar-refractivity contribution is 0.881. The normalized spacial score (nSPS) is 10.8. The van der Waals surface area contributed by atoms with Gasteiger partial charge in [0.25, 0.3) is 0 Å². The first-order valence-electron chi connectivity index (χ1n) is 7.22. The van der Waals surface area contributed by atoms with Crippen LogP contribution in [0.1, 0.15) is 24.5 Å². The van der Waals surface area contributed by atoms with Crippen LogP contribution >= 0.6 is 0 Å². The van der Waals surface area contributed by atoms with Crippen molar-refractivity contribution in [2.75, 3.05) is 0 Å². The van der Waals surface area contributed by atoms with Crippen LogP contribution < -0.4 is 0 Å². The maximum atomic E-state index is 4.03. The van der Waals surface area contributed by atoms with E-state index in [0.717, 1.165) is 24.0 Å². The molecule has 3 rings (SSSR count). The van der Waals surface area contributed by atoms with Gasteiger partial charge in [-0.15, -0.1) is 5.10 Å². The van der Waals surface area contributed by atoms with E-state index in [1.807, 2.05) is 18.2 Å².